The maximum Gasteiger partial charge on any atom is 0.409 e. The summed E-state index contributed by atoms with van der Waals surface area (Å²) >= 11 is 0. The third-order valence-corrected chi connectivity index (χ3v) is 4.41. The quantitative estimate of drug-likeness (QED) is 0.799. The van der Waals surface area contributed by atoms with Gasteiger partial charge in [-0.05, 0) is 32.0 Å². The van der Waals surface area contributed by atoms with Crippen LogP contribution in [0.4, 0.5) is 27.9 Å². The van der Waals surface area contributed by atoms with Crippen molar-refractivity contribution in [2.24, 2.45) is 0 Å². The minimum atomic E-state index is -0.271. The van der Waals surface area contributed by atoms with Gasteiger partial charge in [-0.3, -0.25) is 4.79 Å². The van der Waals surface area contributed by atoms with Gasteiger partial charge in [0.2, 0.25) is 11.9 Å². The molecule has 1 aliphatic heterocycles. The molecule has 0 unspecified atom stereocenters. The number of carbonyl (C=O) groups excluding carboxylic acids is 2. The largest absolute Gasteiger partial charge is 0.450 e. The molecule has 1 aliphatic rings. The molecule has 9 nitrogen and oxygen atoms in total. The van der Waals surface area contributed by atoms with Gasteiger partial charge in [0, 0.05) is 56.2 Å². The number of hydrogen-bond acceptors (Lipinski definition) is 7. The predicted octanol–water partition coefficient (Wildman–Crippen LogP) is 2.77. The van der Waals surface area contributed by atoms with Crippen molar-refractivity contribution in [2.45, 2.75) is 20.8 Å². The van der Waals surface area contributed by atoms with Crippen molar-refractivity contribution in [3.8, 4) is 0 Å². The lowest BCUT2D eigenvalue weighted by Crippen LogP contribution is -2.49. The fraction of sp³-hybridized carbons (Fsp3) is 0.400. The van der Waals surface area contributed by atoms with Gasteiger partial charge in [-0.15, -0.1) is 0 Å². The summed E-state index contributed by atoms with van der Waals surface area (Å²) in [6, 6.07) is 9.30. The molecular formula is C20H26N6O3. The molecule has 154 valence electrons. The molecule has 0 aliphatic carbocycles. The Morgan fingerprint density at radius 3 is 2.52 bits per heavy atom. The molecule has 9 heteroatoms. The molecule has 29 heavy (non-hydrogen) atoms. The van der Waals surface area contributed by atoms with Crippen LogP contribution < -0.4 is 15.5 Å². The van der Waals surface area contributed by atoms with Gasteiger partial charge in [0.1, 0.15) is 5.82 Å². The Kier molecular flexibility index (Phi) is 6.48. The van der Waals surface area contributed by atoms with Crippen molar-refractivity contribution in [2.75, 3.05) is 48.3 Å². The average Bonchev–Trinajstić information content (AvgIpc) is 2.67. The number of benzene rings is 1. The molecule has 0 atom stereocenters. The van der Waals surface area contributed by atoms with Crippen LogP contribution in [0.5, 0.6) is 0 Å². The SMILES string of the molecule is CCOC(=O)N1CCN(c2cc(C)nc(Nc3cccc(NC(C)=O)c3)n2)CC1. The van der Waals surface area contributed by atoms with E-state index in [1.807, 2.05) is 37.3 Å². The number of nitrogens with zero attached hydrogens (tertiary/aromatic N) is 4. The van der Waals surface area contributed by atoms with Crippen LogP contribution in [-0.2, 0) is 9.53 Å². The molecule has 2 heterocycles. The second-order valence-electron chi connectivity index (χ2n) is 6.75. The molecule has 2 amide bonds. The van der Waals surface area contributed by atoms with E-state index in [0.29, 0.717) is 44.4 Å². The second kappa shape index (κ2) is 9.22. The molecule has 1 fully saturated rings. The average molecular weight is 398 g/mol. The summed E-state index contributed by atoms with van der Waals surface area (Å²) in [6.07, 6.45) is -0.271. The first-order valence-corrected chi connectivity index (χ1v) is 9.61. The van der Waals surface area contributed by atoms with E-state index in [2.05, 4.69) is 25.5 Å². The van der Waals surface area contributed by atoms with Crippen LogP contribution in [-0.4, -0.2) is 59.7 Å². The van der Waals surface area contributed by atoms with Crippen molar-refractivity contribution in [3.63, 3.8) is 0 Å². The first-order chi connectivity index (χ1) is 13.9. The van der Waals surface area contributed by atoms with E-state index in [9.17, 15) is 9.59 Å². The number of nitrogens with one attached hydrogen (secondary N) is 2. The highest BCUT2D eigenvalue weighted by atomic mass is 16.6. The Bertz CT molecular complexity index is 880. The lowest BCUT2D eigenvalue weighted by atomic mass is 10.2. The Hall–Kier alpha value is -3.36. The second-order valence-corrected chi connectivity index (χ2v) is 6.75. The van der Waals surface area contributed by atoms with Gasteiger partial charge in [0.15, 0.2) is 0 Å². The number of piperazine rings is 1. The standard InChI is InChI=1S/C20H26N6O3/c1-4-29-20(28)26-10-8-25(9-11-26)18-12-14(2)21-19(24-18)23-17-7-5-6-16(13-17)22-15(3)27/h5-7,12-13H,4,8-11H2,1-3H3,(H,22,27)(H,21,23,24). The van der Waals surface area contributed by atoms with Gasteiger partial charge < -0.3 is 25.2 Å². The smallest absolute Gasteiger partial charge is 0.409 e. The highest BCUT2D eigenvalue weighted by Crippen LogP contribution is 2.21. The summed E-state index contributed by atoms with van der Waals surface area (Å²) in [4.78, 5) is 36.1. The molecule has 0 radical (unpaired) electrons. The van der Waals surface area contributed by atoms with Gasteiger partial charge in [0.25, 0.3) is 0 Å². The topological polar surface area (TPSA) is 99.7 Å². The molecule has 3 rings (SSSR count). The summed E-state index contributed by atoms with van der Waals surface area (Å²) in [6.45, 7) is 8.09. The minimum Gasteiger partial charge on any atom is -0.450 e. The number of amides is 2. The van der Waals surface area contributed by atoms with Crippen molar-refractivity contribution in [1.82, 2.24) is 14.9 Å². The molecule has 1 aromatic carbocycles. The zero-order chi connectivity index (χ0) is 20.8. The van der Waals surface area contributed by atoms with E-state index in [4.69, 9.17) is 4.74 Å². The van der Waals surface area contributed by atoms with Crippen molar-refractivity contribution < 1.29 is 14.3 Å². The Labute approximate surface area is 170 Å². The lowest BCUT2D eigenvalue weighted by molar-refractivity contribution is -0.114. The van der Waals surface area contributed by atoms with Crippen LogP contribution in [0.2, 0.25) is 0 Å². The first kappa shape index (κ1) is 20.4. The molecule has 2 aromatic rings. The number of aromatic nitrogens is 2. The monoisotopic (exact) mass is 398 g/mol. The summed E-state index contributed by atoms with van der Waals surface area (Å²) in [5.41, 5.74) is 2.31. The van der Waals surface area contributed by atoms with E-state index < -0.39 is 0 Å². The summed E-state index contributed by atoms with van der Waals surface area (Å²) < 4.78 is 5.07. The minimum absolute atomic E-state index is 0.127. The fourth-order valence-electron chi connectivity index (χ4n) is 3.11. The number of anilines is 4. The molecular weight excluding hydrogens is 372 g/mol. The maximum atomic E-state index is 11.9. The third kappa shape index (κ3) is 5.56. The molecule has 0 saturated carbocycles. The van der Waals surface area contributed by atoms with E-state index in [-0.39, 0.29) is 12.0 Å². The molecule has 0 spiro atoms. The number of rotatable bonds is 5. The number of hydrogen-bond donors (Lipinski definition) is 2. The van der Waals surface area contributed by atoms with Crippen LogP contribution in [0, 0.1) is 6.92 Å². The highest BCUT2D eigenvalue weighted by molar-refractivity contribution is 5.89. The van der Waals surface area contributed by atoms with Crippen molar-refractivity contribution in [1.29, 1.82) is 0 Å². The summed E-state index contributed by atoms with van der Waals surface area (Å²) in [7, 11) is 0. The highest BCUT2D eigenvalue weighted by Gasteiger charge is 2.23. The number of aryl methyl sites for hydroxylation is 1. The molecule has 0 bridgehead atoms. The predicted molar refractivity (Wildman–Crippen MR) is 112 cm³/mol. The van der Waals surface area contributed by atoms with Crippen LogP contribution in [0.15, 0.2) is 30.3 Å². The van der Waals surface area contributed by atoms with E-state index >= 15 is 0 Å². The summed E-state index contributed by atoms with van der Waals surface area (Å²) in [5.74, 6) is 1.16. The number of carbonyl (C=O) groups is 2. The van der Waals surface area contributed by atoms with Crippen LogP contribution in [0.3, 0.4) is 0 Å². The van der Waals surface area contributed by atoms with Crippen molar-refractivity contribution in [3.05, 3.63) is 36.0 Å². The summed E-state index contributed by atoms with van der Waals surface area (Å²) in [5, 5.41) is 5.95. The van der Waals surface area contributed by atoms with E-state index in [0.717, 1.165) is 17.2 Å². The van der Waals surface area contributed by atoms with E-state index in [1.165, 1.54) is 6.92 Å². The zero-order valence-electron chi connectivity index (χ0n) is 16.9. The van der Waals surface area contributed by atoms with Gasteiger partial charge in [0.05, 0.1) is 6.61 Å². The van der Waals surface area contributed by atoms with Crippen LogP contribution in [0.1, 0.15) is 19.5 Å². The van der Waals surface area contributed by atoms with Crippen LogP contribution >= 0.6 is 0 Å². The number of ether oxygens (including phenoxy) is 1. The third-order valence-electron chi connectivity index (χ3n) is 4.41. The first-order valence-electron chi connectivity index (χ1n) is 9.61. The normalized spacial score (nSPS) is 13.8. The Morgan fingerprint density at radius 2 is 1.83 bits per heavy atom. The molecule has 1 saturated heterocycles. The maximum absolute atomic E-state index is 11.9. The molecule has 1 aromatic heterocycles. The van der Waals surface area contributed by atoms with Crippen LogP contribution in [0.25, 0.3) is 0 Å². The van der Waals surface area contributed by atoms with Gasteiger partial charge >= 0.3 is 6.09 Å². The Morgan fingerprint density at radius 1 is 1.10 bits per heavy atom. The fourth-order valence-corrected chi connectivity index (χ4v) is 3.11. The van der Waals surface area contributed by atoms with Crippen molar-refractivity contribution >= 4 is 35.1 Å². The molecule has 2 N–H and O–H groups in total. The Balaban J connectivity index is 1.69. The zero-order valence-corrected chi connectivity index (χ0v) is 16.9. The van der Waals surface area contributed by atoms with Gasteiger partial charge in [-0.25, -0.2) is 9.78 Å². The van der Waals surface area contributed by atoms with Gasteiger partial charge in [-0.1, -0.05) is 6.07 Å². The van der Waals surface area contributed by atoms with Gasteiger partial charge in [-0.2, -0.15) is 4.98 Å². The lowest BCUT2D eigenvalue weighted by Gasteiger charge is -2.34. The van der Waals surface area contributed by atoms with E-state index in [1.54, 1.807) is 11.8 Å².